The van der Waals surface area contributed by atoms with Gasteiger partial charge in [0.05, 0.1) is 18.3 Å². The fraction of sp³-hybridized carbons (Fsp3) is 0.917. The standard InChI is InChI=1S/C12H20N2O2Si/c1-17(2,3)16-14-7-8-10-4-5-11(15-10)12(8)9(14)6-13/h8-12H,4-5,7H2,1-3H3. The van der Waals surface area contributed by atoms with E-state index in [0.29, 0.717) is 24.0 Å². The van der Waals surface area contributed by atoms with Gasteiger partial charge in [-0.25, -0.2) is 0 Å². The van der Waals surface area contributed by atoms with E-state index in [4.69, 9.17) is 9.26 Å². The molecule has 3 fully saturated rings. The van der Waals surface area contributed by atoms with E-state index in [9.17, 15) is 5.26 Å². The molecule has 0 amide bonds. The van der Waals surface area contributed by atoms with Crippen molar-refractivity contribution in [3.8, 4) is 6.07 Å². The van der Waals surface area contributed by atoms with E-state index in [2.05, 4.69) is 25.7 Å². The molecule has 0 N–H and O–H groups in total. The molecular weight excluding hydrogens is 232 g/mol. The highest BCUT2D eigenvalue weighted by Gasteiger charge is 2.58. The Balaban J connectivity index is 1.79. The molecule has 2 bridgehead atoms. The highest BCUT2D eigenvalue weighted by Crippen LogP contribution is 2.50. The van der Waals surface area contributed by atoms with Gasteiger partial charge in [0, 0.05) is 18.4 Å². The minimum Gasteiger partial charge on any atom is -0.374 e. The van der Waals surface area contributed by atoms with Crippen LogP contribution in [0.25, 0.3) is 0 Å². The largest absolute Gasteiger partial charge is 0.374 e. The maximum Gasteiger partial charge on any atom is 0.212 e. The highest BCUT2D eigenvalue weighted by atomic mass is 28.4. The molecule has 0 aromatic rings. The average molecular weight is 252 g/mol. The van der Waals surface area contributed by atoms with Crippen LogP contribution in [0.4, 0.5) is 0 Å². The summed E-state index contributed by atoms with van der Waals surface area (Å²) in [5.74, 6) is 0.907. The zero-order chi connectivity index (χ0) is 12.2. The molecule has 0 aliphatic carbocycles. The Bertz CT molecular complexity index is 362. The van der Waals surface area contributed by atoms with Crippen molar-refractivity contribution >= 4 is 8.32 Å². The smallest absolute Gasteiger partial charge is 0.212 e. The minimum atomic E-state index is -1.62. The molecule has 0 radical (unpaired) electrons. The van der Waals surface area contributed by atoms with Gasteiger partial charge in [-0.3, -0.25) is 0 Å². The number of rotatable bonds is 2. The van der Waals surface area contributed by atoms with Gasteiger partial charge < -0.3 is 9.26 Å². The SMILES string of the molecule is C[Si](C)(C)ON1CC2C3CCC(O3)C2C1C#N. The molecule has 5 atom stereocenters. The molecule has 3 aliphatic heterocycles. The Morgan fingerprint density at radius 2 is 2.00 bits per heavy atom. The third kappa shape index (κ3) is 1.84. The molecule has 0 spiro atoms. The van der Waals surface area contributed by atoms with Crippen LogP contribution in [-0.2, 0) is 9.26 Å². The number of nitriles is 1. The van der Waals surface area contributed by atoms with Crippen LogP contribution in [-0.4, -0.2) is 38.2 Å². The molecule has 3 rings (SSSR count). The summed E-state index contributed by atoms with van der Waals surface area (Å²) in [6.07, 6.45) is 3.00. The number of fused-ring (bicyclic) bond motifs is 5. The van der Waals surface area contributed by atoms with Gasteiger partial charge in [-0.05, 0) is 32.5 Å². The van der Waals surface area contributed by atoms with Crippen molar-refractivity contribution in [2.75, 3.05) is 6.54 Å². The Kier molecular flexibility index (Phi) is 2.60. The Morgan fingerprint density at radius 1 is 1.29 bits per heavy atom. The van der Waals surface area contributed by atoms with Crippen LogP contribution in [0.15, 0.2) is 0 Å². The summed E-state index contributed by atoms with van der Waals surface area (Å²) < 4.78 is 12.0. The van der Waals surface area contributed by atoms with Crippen molar-refractivity contribution in [2.24, 2.45) is 11.8 Å². The predicted molar refractivity (Wildman–Crippen MR) is 65.4 cm³/mol. The van der Waals surface area contributed by atoms with Gasteiger partial charge in [0.15, 0.2) is 0 Å². The summed E-state index contributed by atoms with van der Waals surface area (Å²) in [6, 6.07) is 2.34. The van der Waals surface area contributed by atoms with E-state index in [1.54, 1.807) is 0 Å². The third-order valence-electron chi connectivity index (χ3n) is 4.08. The summed E-state index contributed by atoms with van der Waals surface area (Å²) >= 11 is 0. The summed E-state index contributed by atoms with van der Waals surface area (Å²) in [5.41, 5.74) is 0. The summed E-state index contributed by atoms with van der Waals surface area (Å²) in [7, 11) is -1.62. The lowest BCUT2D eigenvalue weighted by Crippen LogP contribution is -2.42. The van der Waals surface area contributed by atoms with Gasteiger partial charge in [-0.2, -0.15) is 10.3 Å². The monoisotopic (exact) mass is 252 g/mol. The van der Waals surface area contributed by atoms with Gasteiger partial charge in [-0.15, -0.1) is 0 Å². The molecule has 17 heavy (non-hydrogen) atoms. The highest BCUT2D eigenvalue weighted by molar-refractivity contribution is 6.69. The first-order chi connectivity index (χ1) is 7.99. The van der Waals surface area contributed by atoms with E-state index in [0.717, 1.165) is 13.0 Å². The van der Waals surface area contributed by atoms with Gasteiger partial charge in [0.1, 0.15) is 6.04 Å². The zero-order valence-electron chi connectivity index (χ0n) is 10.7. The van der Waals surface area contributed by atoms with Crippen LogP contribution < -0.4 is 0 Å². The lowest BCUT2D eigenvalue weighted by molar-refractivity contribution is -0.0863. The first kappa shape index (κ1) is 11.7. The Morgan fingerprint density at radius 3 is 2.65 bits per heavy atom. The van der Waals surface area contributed by atoms with E-state index < -0.39 is 8.32 Å². The summed E-state index contributed by atoms with van der Waals surface area (Å²) in [5, 5.41) is 11.4. The Hall–Kier alpha value is -0.413. The molecule has 4 nitrogen and oxygen atoms in total. The van der Waals surface area contributed by atoms with Crippen LogP contribution in [0.2, 0.25) is 19.6 Å². The van der Waals surface area contributed by atoms with E-state index in [1.807, 2.05) is 5.06 Å². The number of nitrogens with zero attached hydrogens (tertiary/aromatic N) is 2. The minimum absolute atomic E-state index is 0.0953. The quantitative estimate of drug-likeness (QED) is 0.702. The molecular formula is C12H20N2O2Si. The fourth-order valence-corrected chi connectivity index (χ4v) is 4.49. The molecule has 3 saturated heterocycles. The van der Waals surface area contributed by atoms with Gasteiger partial charge in [0.25, 0.3) is 0 Å². The normalized spacial score (nSPS) is 44.9. The molecule has 3 aliphatic rings. The van der Waals surface area contributed by atoms with Crippen molar-refractivity contribution in [1.29, 1.82) is 5.26 Å². The second-order valence-electron chi connectivity index (χ2n) is 6.41. The third-order valence-corrected chi connectivity index (χ3v) is 4.86. The van der Waals surface area contributed by atoms with E-state index in [-0.39, 0.29) is 6.04 Å². The molecule has 5 unspecified atom stereocenters. The first-order valence-corrected chi connectivity index (χ1v) is 9.91. The lowest BCUT2D eigenvalue weighted by Gasteiger charge is -2.29. The van der Waals surface area contributed by atoms with Crippen LogP contribution in [0.3, 0.4) is 0 Å². The molecule has 0 aromatic heterocycles. The second kappa shape index (κ2) is 3.79. The van der Waals surface area contributed by atoms with Crippen LogP contribution in [0.5, 0.6) is 0 Å². The number of hydrogen-bond acceptors (Lipinski definition) is 4. The maximum absolute atomic E-state index is 9.40. The topological polar surface area (TPSA) is 45.5 Å². The molecule has 94 valence electrons. The van der Waals surface area contributed by atoms with Crippen LogP contribution >= 0.6 is 0 Å². The molecule has 0 aromatic carbocycles. The molecule has 3 heterocycles. The Labute approximate surface area is 104 Å². The zero-order valence-corrected chi connectivity index (χ0v) is 11.7. The number of hydroxylamine groups is 2. The van der Waals surface area contributed by atoms with Crippen molar-refractivity contribution in [1.82, 2.24) is 5.06 Å². The predicted octanol–water partition coefficient (Wildman–Crippen LogP) is 1.75. The van der Waals surface area contributed by atoms with Gasteiger partial charge in [-0.1, -0.05) is 0 Å². The van der Waals surface area contributed by atoms with Crippen LogP contribution in [0.1, 0.15) is 12.8 Å². The summed E-state index contributed by atoms with van der Waals surface area (Å²) in [6.45, 7) is 7.39. The van der Waals surface area contributed by atoms with Crippen molar-refractivity contribution in [2.45, 2.75) is 50.7 Å². The number of hydrogen-bond donors (Lipinski definition) is 0. The van der Waals surface area contributed by atoms with Crippen molar-refractivity contribution < 1.29 is 9.26 Å². The van der Waals surface area contributed by atoms with E-state index in [1.165, 1.54) is 6.42 Å². The van der Waals surface area contributed by atoms with E-state index >= 15 is 0 Å². The lowest BCUT2D eigenvalue weighted by atomic mass is 9.79. The second-order valence-corrected chi connectivity index (χ2v) is 10.8. The maximum atomic E-state index is 9.40. The van der Waals surface area contributed by atoms with Gasteiger partial charge >= 0.3 is 0 Å². The average Bonchev–Trinajstić information content (AvgIpc) is 2.83. The van der Waals surface area contributed by atoms with Crippen LogP contribution in [0, 0.1) is 23.2 Å². The fourth-order valence-electron chi connectivity index (χ4n) is 3.60. The van der Waals surface area contributed by atoms with Crippen molar-refractivity contribution in [3.63, 3.8) is 0 Å². The van der Waals surface area contributed by atoms with Gasteiger partial charge in [0.2, 0.25) is 8.32 Å². The first-order valence-electron chi connectivity index (χ1n) is 6.50. The molecule has 0 saturated carbocycles. The molecule has 5 heteroatoms. The summed E-state index contributed by atoms with van der Waals surface area (Å²) in [4.78, 5) is 0. The van der Waals surface area contributed by atoms with Crippen molar-refractivity contribution in [3.05, 3.63) is 0 Å². The number of ether oxygens (including phenoxy) is 1.